The monoisotopic (exact) mass is 254 g/mol. The molecular formula is C11H11ClN2O3. The number of halogens is 1. The molecule has 0 amide bonds. The van der Waals surface area contributed by atoms with Gasteiger partial charge in [0.15, 0.2) is 12.4 Å². The lowest BCUT2D eigenvalue weighted by Crippen LogP contribution is -1.97. The largest absolute Gasteiger partial charge is 0.484 e. The van der Waals surface area contributed by atoms with Crippen molar-refractivity contribution in [1.82, 2.24) is 10.1 Å². The molecule has 1 N–H and O–H groups in total. The highest BCUT2D eigenvalue weighted by Gasteiger charge is 2.11. The minimum absolute atomic E-state index is 0.139. The normalized spacial score (nSPS) is 12.4. The predicted molar refractivity (Wildman–Crippen MR) is 60.7 cm³/mol. The van der Waals surface area contributed by atoms with E-state index in [1.54, 1.807) is 31.2 Å². The molecule has 17 heavy (non-hydrogen) atoms. The number of ether oxygens (including phenoxy) is 1. The molecule has 0 fully saturated rings. The van der Waals surface area contributed by atoms with E-state index in [0.717, 1.165) is 0 Å². The second kappa shape index (κ2) is 5.16. The number of hydrogen-bond acceptors (Lipinski definition) is 5. The Labute approximate surface area is 103 Å². The van der Waals surface area contributed by atoms with E-state index in [-0.39, 0.29) is 12.4 Å². The molecule has 0 aliphatic carbocycles. The zero-order chi connectivity index (χ0) is 12.3. The van der Waals surface area contributed by atoms with E-state index in [2.05, 4.69) is 10.1 Å². The number of aromatic nitrogens is 2. The van der Waals surface area contributed by atoms with Gasteiger partial charge in [-0.3, -0.25) is 0 Å². The summed E-state index contributed by atoms with van der Waals surface area (Å²) < 4.78 is 10.3. The van der Waals surface area contributed by atoms with Gasteiger partial charge in [-0.15, -0.1) is 0 Å². The van der Waals surface area contributed by atoms with Gasteiger partial charge in [0.05, 0.1) is 0 Å². The highest BCUT2D eigenvalue weighted by molar-refractivity contribution is 6.30. The molecule has 2 aromatic rings. The van der Waals surface area contributed by atoms with Crippen molar-refractivity contribution < 1.29 is 14.4 Å². The molecule has 0 radical (unpaired) electrons. The average Bonchev–Trinajstić information content (AvgIpc) is 2.75. The molecule has 0 spiro atoms. The molecule has 0 aliphatic rings. The Morgan fingerprint density at radius 3 is 3.00 bits per heavy atom. The fourth-order valence-electron chi connectivity index (χ4n) is 1.20. The van der Waals surface area contributed by atoms with Crippen LogP contribution in [0.1, 0.15) is 24.7 Å². The molecular weight excluding hydrogens is 244 g/mol. The van der Waals surface area contributed by atoms with Crippen LogP contribution in [-0.2, 0) is 6.61 Å². The summed E-state index contributed by atoms with van der Waals surface area (Å²) in [7, 11) is 0. The van der Waals surface area contributed by atoms with Crippen LogP contribution in [0.2, 0.25) is 5.02 Å². The molecule has 0 saturated carbocycles. The number of aliphatic hydroxyl groups excluding tert-OH is 1. The number of rotatable bonds is 4. The number of aliphatic hydroxyl groups is 1. The predicted octanol–water partition coefficient (Wildman–Crippen LogP) is 2.36. The first kappa shape index (κ1) is 11.9. The van der Waals surface area contributed by atoms with Gasteiger partial charge in [-0.1, -0.05) is 22.8 Å². The molecule has 2 rings (SSSR count). The Morgan fingerprint density at radius 2 is 2.35 bits per heavy atom. The molecule has 1 aromatic carbocycles. The lowest BCUT2D eigenvalue weighted by molar-refractivity contribution is 0.183. The quantitative estimate of drug-likeness (QED) is 0.907. The van der Waals surface area contributed by atoms with Crippen LogP contribution in [0, 0.1) is 0 Å². The van der Waals surface area contributed by atoms with Crippen molar-refractivity contribution in [2.75, 3.05) is 0 Å². The number of nitrogens with zero attached hydrogens (tertiary/aromatic N) is 2. The van der Waals surface area contributed by atoms with Gasteiger partial charge in [0.1, 0.15) is 11.9 Å². The van der Waals surface area contributed by atoms with Crippen LogP contribution in [-0.4, -0.2) is 15.2 Å². The van der Waals surface area contributed by atoms with E-state index in [4.69, 9.17) is 20.9 Å². The minimum atomic E-state index is -0.751. The molecule has 90 valence electrons. The molecule has 0 saturated heterocycles. The second-order valence-corrected chi connectivity index (χ2v) is 3.90. The van der Waals surface area contributed by atoms with Crippen LogP contribution in [0.5, 0.6) is 5.75 Å². The van der Waals surface area contributed by atoms with Gasteiger partial charge in [0.2, 0.25) is 0 Å². The lowest BCUT2D eigenvalue weighted by atomic mass is 10.3. The van der Waals surface area contributed by atoms with E-state index in [1.165, 1.54) is 0 Å². The SMILES string of the molecule is CC(O)c1noc(COc2cccc(Cl)c2)n1. The van der Waals surface area contributed by atoms with Crippen molar-refractivity contribution in [3.8, 4) is 5.75 Å². The maximum atomic E-state index is 9.22. The third-order valence-electron chi connectivity index (χ3n) is 2.02. The molecule has 0 bridgehead atoms. The molecule has 1 unspecified atom stereocenters. The third-order valence-corrected chi connectivity index (χ3v) is 2.25. The summed E-state index contributed by atoms with van der Waals surface area (Å²) in [6, 6.07) is 7.00. The second-order valence-electron chi connectivity index (χ2n) is 3.47. The van der Waals surface area contributed by atoms with Gasteiger partial charge in [0, 0.05) is 5.02 Å². The minimum Gasteiger partial charge on any atom is -0.484 e. The first-order valence-corrected chi connectivity index (χ1v) is 5.42. The van der Waals surface area contributed by atoms with Crippen molar-refractivity contribution in [3.63, 3.8) is 0 Å². The van der Waals surface area contributed by atoms with Crippen LogP contribution in [0.3, 0.4) is 0 Å². The lowest BCUT2D eigenvalue weighted by Gasteiger charge is -2.02. The summed E-state index contributed by atoms with van der Waals surface area (Å²) in [6.07, 6.45) is -0.751. The molecule has 5 nitrogen and oxygen atoms in total. The number of benzene rings is 1. The van der Waals surface area contributed by atoms with Crippen molar-refractivity contribution >= 4 is 11.6 Å². The van der Waals surface area contributed by atoms with E-state index in [0.29, 0.717) is 16.7 Å². The first-order chi connectivity index (χ1) is 8.15. The van der Waals surface area contributed by atoms with Gasteiger partial charge < -0.3 is 14.4 Å². The Bertz CT molecular complexity index is 499. The van der Waals surface area contributed by atoms with Gasteiger partial charge in [-0.25, -0.2) is 0 Å². The third kappa shape index (κ3) is 3.18. The van der Waals surface area contributed by atoms with E-state index in [1.807, 2.05) is 0 Å². The van der Waals surface area contributed by atoms with Gasteiger partial charge in [-0.2, -0.15) is 4.98 Å². The summed E-state index contributed by atoms with van der Waals surface area (Å²) in [6.45, 7) is 1.70. The first-order valence-electron chi connectivity index (χ1n) is 5.04. The Kier molecular flexibility index (Phi) is 3.61. The standard InChI is InChI=1S/C11H11ClN2O3/c1-7(15)11-13-10(17-14-11)6-16-9-4-2-3-8(12)5-9/h2-5,7,15H,6H2,1H3. The van der Waals surface area contributed by atoms with Crippen molar-refractivity contribution in [2.24, 2.45) is 0 Å². The zero-order valence-corrected chi connectivity index (χ0v) is 9.89. The van der Waals surface area contributed by atoms with E-state index in [9.17, 15) is 5.11 Å². The zero-order valence-electron chi connectivity index (χ0n) is 9.13. The van der Waals surface area contributed by atoms with Crippen molar-refractivity contribution in [3.05, 3.63) is 41.0 Å². The fourth-order valence-corrected chi connectivity index (χ4v) is 1.38. The van der Waals surface area contributed by atoms with Crippen LogP contribution in [0.15, 0.2) is 28.8 Å². The van der Waals surface area contributed by atoms with Gasteiger partial charge in [0.25, 0.3) is 5.89 Å². The summed E-state index contributed by atoms with van der Waals surface area (Å²) in [5.74, 6) is 1.17. The van der Waals surface area contributed by atoms with Crippen LogP contribution in [0.4, 0.5) is 0 Å². The summed E-state index contributed by atoms with van der Waals surface area (Å²) in [4.78, 5) is 3.96. The highest BCUT2D eigenvalue weighted by Crippen LogP contribution is 2.18. The smallest absolute Gasteiger partial charge is 0.264 e. The van der Waals surface area contributed by atoms with Crippen molar-refractivity contribution in [1.29, 1.82) is 0 Å². The average molecular weight is 255 g/mol. The maximum absolute atomic E-state index is 9.22. The summed E-state index contributed by atoms with van der Waals surface area (Å²) >= 11 is 5.81. The number of hydrogen-bond donors (Lipinski definition) is 1. The molecule has 1 heterocycles. The topological polar surface area (TPSA) is 68.4 Å². The van der Waals surface area contributed by atoms with Gasteiger partial charge >= 0.3 is 0 Å². The maximum Gasteiger partial charge on any atom is 0.264 e. The summed E-state index contributed by atoms with van der Waals surface area (Å²) in [5.41, 5.74) is 0. The van der Waals surface area contributed by atoms with Gasteiger partial charge in [-0.05, 0) is 25.1 Å². The Hall–Kier alpha value is -1.59. The highest BCUT2D eigenvalue weighted by atomic mass is 35.5. The molecule has 1 aromatic heterocycles. The van der Waals surface area contributed by atoms with Crippen molar-refractivity contribution in [2.45, 2.75) is 19.6 Å². The van der Waals surface area contributed by atoms with Crippen LogP contribution in [0.25, 0.3) is 0 Å². The fraction of sp³-hybridized carbons (Fsp3) is 0.273. The summed E-state index contributed by atoms with van der Waals surface area (Å²) in [5, 5.41) is 13.4. The van der Waals surface area contributed by atoms with Crippen LogP contribution < -0.4 is 4.74 Å². The molecule has 1 atom stereocenters. The van der Waals surface area contributed by atoms with E-state index < -0.39 is 6.10 Å². The Balaban J connectivity index is 1.97. The van der Waals surface area contributed by atoms with E-state index >= 15 is 0 Å². The molecule has 6 heteroatoms. The van der Waals surface area contributed by atoms with Crippen LogP contribution >= 0.6 is 11.6 Å². The Morgan fingerprint density at radius 1 is 1.53 bits per heavy atom. The molecule has 0 aliphatic heterocycles.